The Morgan fingerprint density at radius 1 is 1.45 bits per heavy atom. The van der Waals surface area contributed by atoms with Crippen molar-refractivity contribution in [2.75, 3.05) is 7.05 Å². The van der Waals surface area contributed by atoms with Gasteiger partial charge in [-0.1, -0.05) is 29.3 Å². The van der Waals surface area contributed by atoms with E-state index in [9.17, 15) is 4.79 Å². The van der Waals surface area contributed by atoms with Crippen molar-refractivity contribution in [3.63, 3.8) is 0 Å². The van der Waals surface area contributed by atoms with Crippen molar-refractivity contribution in [2.45, 2.75) is 18.9 Å². The lowest BCUT2D eigenvalue weighted by Crippen LogP contribution is -2.29. The molecule has 0 spiro atoms. The number of imidazole rings is 1. The maximum absolute atomic E-state index is 12.5. The molecule has 0 bridgehead atoms. The second-order valence-electron chi connectivity index (χ2n) is 5.76. The Morgan fingerprint density at radius 3 is 2.86 bits per heavy atom. The minimum atomic E-state index is 0.00365. The second-order valence-corrected chi connectivity index (χ2v) is 6.61. The van der Waals surface area contributed by atoms with Crippen molar-refractivity contribution >= 4 is 29.1 Å². The molecule has 1 aromatic heterocycles. The first kappa shape index (κ1) is 15.4. The highest BCUT2D eigenvalue weighted by Crippen LogP contribution is 2.50. The van der Waals surface area contributed by atoms with Crippen LogP contribution in [0.5, 0.6) is 0 Å². The van der Waals surface area contributed by atoms with Crippen LogP contribution in [0.4, 0.5) is 0 Å². The lowest BCUT2D eigenvalue weighted by atomic mass is 10.1. The molecule has 22 heavy (non-hydrogen) atoms. The molecule has 1 heterocycles. The van der Waals surface area contributed by atoms with Gasteiger partial charge in [-0.15, -0.1) is 0 Å². The first-order valence-electron chi connectivity index (χ1n) is 7.13. The molecule has 0 radical (unpaired) electrons. The lowest BCUT2D eigenvalue weighted by Gasteiger charge is -2.17. The normalized spacial score (nSPS) is 20.0. The smallest absolute Gasteiger partial charge is 0.226 e. The molecule has 0 saturated heterocycles. The molecule has 4 nitrogen and oxygen atoms in total. The van der Waals surface area contributed by atoms with E-state index in [0.717, 1.165) is 17.8 Å². The molecule has 0 unspecified atom stereocenters. The fourth-order valence-corrected chi connectivity index (χ4v) is 3.28. The summed E-state index contributed by atoms with van der Waals surface area (Å²) in [5.41, 5.74) is 1.01. The van der Waals surface area contributed by atoms with Crippen LogP contribution < -0.4 is 0 Å². The van der Waals surface area contributed by atoms with Crippen LogP contribution in [0.1, 0.15) is 23.7 Å². The Labute approximate surface area is 139 Å². The van der Waals surface area contributed by atoms with E-state index in [0.29, 0.717) is 16.6 Å². The quantitative estimate of drug-likeness (QED) is 0.856. The van der Waals surface area contributed by atoms with Gasteiger partial charge in [0.2, 0.25) is 5.91 Å². The molecule has 0 aliphatic heterocycles. The van der Waals surface area contributed by atoms with Gasteiger partial charge in [-0.2, -0.15) is 0 Å². The van der Waals surface area contributed by atoms with E-state index in [1.165, 1.54) is 0 Å². The van der Waals surface area contributed by atoms with E-state index >= 15 is 0 Å². The topological polar surface area (TPSA) is 38.1 Å². The van der Waals surface area contributed by atoms with Crippen molar-refractivity contribution in [1.29, 1.82) is 0 Å². The summed E-state index contributed by atoms with van der Waals surface area (Å²) in [5, 5.41) is 1.25. The van der Waals surface area contributed by atoms with Crippen LogP contribution in [-0.4, -0.2) is 27.4 Å². The SMILES string of the molecule is CN(Cc1nccn1C)C(=O)[C@@H]1C[C@@H]1c1ccc(Cl)cc1Cl. The molecule has 2 aromatic rings. The van der Waals surface area contributed by atoms with Gasteiger partial charge in [-0.05, 0) is 30.0 Å². The van der Waals surface area contributed by atoms with Crippen LogP contribution in [0.2, 0.25) is 10.0 Å². The van der Waals surface area contributed by atoms with Crippen molar-refractivity contribution in [1.82, 2.24) is 14.5 Å². The maximum atomic E-state index is 12.5. The summed E-state index contributed by atoms with van der Waals surface area (Å²) in [6, 6.07) is 5.47. The van der Waals surface area contributed by atoms with Crippen LogP contribution in [0.25, 0.3) is 0 Å². The molecule has 3 rings (SSSR count). The van der Waals surface area contributed by atoms with E-state index in [1.807, 2.05) is 37.0 Å². The summed E-state index contributed by atoms with van der Waals surface area (Å²) in [5.74, 6) is 1.21. The van der Waals surface area contributed by atoms with Crippen molar-refractivity contribution in [3.05, 3.63) is 52.0 Å². The summed E-state index contributed by atoms with van der Waals surface area (Å²) >= 11 is 12.1. The Hall–Kier alpha value is -1.52. The average molecular weight is 338 g/mol. The number of hydrogen-bond donors (Lipinski definition) is 0. The number of amides is 1. The van der Waals surface area contributed by atoms with Gasteiger partial charge in [0.15, 0.2) is 0 Å². The first-order valence-corrected chi connectivity index (χ1v) is 7.89. The number of carbonyl (C=O) groups excluding carboxylic acids is 1. The Bertz CT molecular complexity index is 713. The molecule has 1 aliphatic carbocycles. The van der Waals surface area contributed by atoms with E-state index in [1.54, 1.807) is 17.2 Å². The van der Waals surface area contributed by atoms with Crippen LogP contribution in [-0.2, 0) is 18.4 Å². The lowest BCUT2D eigenvalue weighted by molar-refractivity contribution is -0.132. The fourth-order valence-electron chi connectivity index (χ4n) is 2.74. The van der Waals surface area contributed by atoms with Crippen molar-refractivity contribution < 1.29 is 4.79 Å². The molecular formula is C16H17Cl2N3O. The zero-order valence-corrected chi connectivity index (χ0v) is 14.0. The number of aryl methyl sites for hydroxylation is 1. The van der Waals surface area contributed by atoms with Gasteiger partial charge in [0.1, 0.15) is 5.82 Å². The van der Waals surface area contributed by atoms with Crippen LogP contribution in [0, 0.1) is 5.92 Å². The number of aromatic nitrogens is 2. The number of nitrogens with zero attached hydrogens (tertiary/aromatic N) is 3. The summed E-state index contributed by atoms with van der Waals surface area (Å²) in [7, 11) is 3.74. The summed E-state index contributed by atoms with van der Waals surface area (Å²) in [6.07, 6.45) is 4.45. The Balaban J connectivity index is 1.66. The predicted octanol–water partition coefficient (Wildman–Crippen LogP) is 3.49. The molecule has 1 saturated carbocycles. The van der Waals surface area contributed by atoms with Gasteiger partial charge in [-0.3, -0.25) is 4.79 Å². The number of halogens is 2. The first-order chi connectivity index (χ1) is 10.5. The zero-order valence-electron chi connectivity index (χ0n) is 12.5. The van der Waals surface area contributed by atoms with Gasteiger partial charge in [-0.25, -0.2) is 4.98 Å². The van der Waals surface area contributed by atoms with Crippen LogP contribution in [0.3, 0.4) is 0 Å². The molecule has 6 heteroatoms. The van der Waals surface area contributed by atoms with E-state index in [-0.39, 0.29) is 17.7 Å². The van der Waals surface area contributed by atoms with Crippen LogP contribution >= 0.6 is 23.2 Å². The molecular weight excluding hydrogens is 321 g/mol. The molecule has 2 atom stereocenters. The summed E-state index contributed by atoms with van der Waals surface area (Å²) < 4.78 is 1.92. The number of benzene rings is 1. The van der Waals surface area contributed by atoms with Gasteiger partial charge in [0.05, 0.1) is 6.54 Å². The van der Waals surface area contributed by atoms with Gasteiger partial charge in [0.25, 0.3) is 0 Å². The maximum Gasteiger partial charge on any atom is 0.226 e. The minimum Gasteiger partial charge on any atom is -0.338 e. The molecule has 116 valence electrons. The molecule has 1 amide bonds. The minimum absolute atomic E-state index is 0.00365. The number of hydrogen-bond acceptors (Lipinski definition) is 2. The Kier molecular flexibility index (Phi) is 4.15. The third-order valence-electron chi connectivity index (χ3n) is 4.15. The third kappa shape index (κ3) is 2.99. The Morgan fingerprint density at radius 2 is 2.23 bits per heavy atom. The molecule has 1 aromatic carbocycles. The summed E-state index contributed by atoms with van der Waals surface area (Å²) in [4.78, 5) is 18.5. The van der Waals surface area contributed by atoms with E-state index in [4.69, 9.17) is 23.2 Å². The monoisotopic (exact) mass is 337 g/mol. The van der Waals surface area contributed by atoms with Crippen molar-refractivity contribution in [3.8, 4) is 0 Å². The van der Waals surface area contributed by atoms with Crippen LogP contribution in [0.15, 0.2) is 30.6 Å². The third-order valence-corrected chi connectivity index (χ3v) is 4.71. The zero-order chi connectivity index (χ0) is 15.9. The highest BCUT2D eigenvalue weighted by Gasteiger charge is 2.46. The standard InChI is InChI=1S/C16H17Cl2N3O/c1-20-6-5-19-15(20)9-21(2)16(22)13-8-12(13)11-4-3-10(17)7-14(11)18/h3-7,12-13H,8-9H2,1-2H3/t12-,13-/m1/s1. The molecule has 1 aliphatic rings. The van der Waals surface area contributed by atoms with Gasteiger partial charge in [0, 0.05) is 42.5 Å². The van der Waals surface area contributed by atoms with Gasteiger partial charge < -0.3 is 9.47 Å². The largest absolute Gasteiger partial charge is 0.338 e. The second kappa shape index (κ2) is 5.94. The van der Waals surface area contributed by atoms with E-state index in [2.05, 4.69) is 4.98 Å². The average Bonchev–Trinajstić information content (AvgIpc) is 3.15. The highest BCUT2D eigenvalue weighted by atomic mass is 35.5. The number of rotatable bonds is 4. The number of carbonyl (C=O) groups is 1. The highest BCUT2D eigenvalue weighted by molar-refractivity contribution is 6.35. The van der Waals surface area contributed by atoms with Crippen molar-refractivity contribution in [2.24, 2.45) is 13.0 Å². The van der Waals surface area contributed by atoms with E-state index < -0.39 is 0 Å². The predicted molar refractivity (Wildman–Crippen MR) is 87.0 cm³/mol. The summed E-state index contributed by atoms with van der Waals surface area (Å²) in [6.45, 7) is 0.514. The molecule has 1 fully saturated rings. The molecule has 0 N–H and O–H groups in total. The fraction of sp³-hybridized carbons (Fsp3) is 0.375. The van der Waals surface area contributed by atoms with Gasteiger partial charge >= 0.3 is 0 Å².